The Labute approximate surface area is 111 Å². The van der Waals surface area contributed by atoms with Gasteiger partial charge in [0.2, 0.25) is 0 Å². The number of nitrogens with zero attached hydrogens (tertiary/aromatic N) is 1. The van der Waals surface area contributed by atoms with Crippen molar-refractivity contribution in [3.05, 3.63) is 35.4 Å². The molecular formula is C13H16N2O2S. The molecule has 0 spiro atoms. The van der Waals surface area contributed by atoms with Gasteiger partial charge in [-0.25, -0.2) is 0 Å². The zero-order valence-corrected chi connectivity index (χ0v) is 11.3. The molecule has 0 aromatic heterocycles. The van der Waals surface area contributed by atoms with Gasteiger partial charge < -0.3 is 5.73 Å². The Kier molecular flexibility index (Phi) is 3.45. The highest BCUT2D eigenvalue weighted by atomic mass is 32.2. The molecule has 2 rings (SSSR count). The topological polar surface area (TPSA) is 63.4 Å². The van der Waals surface area contributed by atoms with Gasteiger partial charge in [0.25, 0.3) is 11.8 Å². The largest absolute Gasteiger partial charge is 0.325 e. The third-order valence-electron chi connectivity index (χ3n) is 2.57. The minimum atomic E-state index is -0.302. The highest BCUT2D eigenvalue weighted by Crippen LogP contribution is 2.24. The van der Waals surface area contributed by atoms with Gasteiger partial charge in [-0.1, -0.05) is 12.1 Å². The van der Waals surface area contributed by atoms with Gasteiger partial charge in [-0.3, -0.25) is 14.5 Å². The number of hydrogen-bond donors (Lipinski definition) is 1. The van der Waals surface area contributed by atoms with Crippen LogP contribution >= 0.6 is 11.8 Å². The molecule has 1 aliphatic rings. The second-order valence-corrected chi connectivity index (χ2v) is 6.01. The summed E-state index contributed by atoms with van der Waals surface area (Å²) in [5.41, 5.74) is 6.55. The molecule has 0 unspecified atom stereocenters. The first-order valence-electron chi connectivity index (χ1n) is 5.72. The molecule has 0 aliphatic carbocycles. The molecule has 0 fully saturated rings. The van der Waals surface area contributed by atoms with Crippen LogP contribution in [0.5, 0.6) is 0 Å². The highest BCUT2D eigenvalue weighted by molar-refractivity contribution is 7.99. The maximum atomic E-state index is 12.0. The van der Waals surface area contributed by atoms with Gasteiger partial charge in [0, 0.05) is 11.3 Å². The molecule has 1 aromatic rings. The average Bonchev–Trinajstić information content (AvgIpc) is 2.53. The maximum Gasteiger partial charge on any atom is 0.262 e. The van der Waals surface area contributed by atoms with E-state index >= 15 is 0 Å². The van der Waals surface area contributed by atoms with Crippen LogP contribution in [-0.4, -0.2) is 33.9 Å². The monoisotopic (exact) mass is 264 g/mol. The molecule has 4 nitrogen and oxygen atoms in total. The van der Waals surface area contributed by atoms with Crippen molar-refractivity contribution in [3.63, 3.8) is 0 Å². The third kappa shape index (κ3) is 2.57. The van der Waals surface area contributed by atoms with Crippen molar-refractivity contribution in [1.82, 2.24) is 4.90 Å². The summed E-state index contributed by atoms with van der Waals surface area (Å²) in [5, 5.41) is 0. The minimum absolute atomic E-state index is 0.210. The standard InChI is InChI=1S/C13H16N2O2S/c1-13(2,14)7-18-8-15-11(16)9-5-3-4-6-10(9)12(15)17/h3-6H,7-8,14H2,1-2H3. The van der Waals surface area contributed by atoms with Crippen LogP contribution in [0.1, 0.15) is 34.6 Å². The average molecular weight is 264 g/mol. The number of carbonyl (C=O) groups is 2. The SMILES string of the molecule is CC(C)(N)CSCN1C(=O)c2ccccc2C1=O. The lowest BCUT2D eigenvalue weighted by atomic mass is 10.1. The number of fused-ring (bicyclic) bond motifs is 1. The number of carbonyl (C=O) groups excluding carboxylic acids is 2. The van der Waals surface area contributed by atoms with E-state index < -0.39 is 0 Å². The fraction of sp³-hybridized carbons (Fsp3) is 0.385. The van der Waals surface area contributed by atoms with Crippen LogP contribution in [-0.2, 0) is 0 Å². The van der Waals surface area contributed by atoms with E-state index in [1.54, 1.807) is 24.3 Å². The van der Waals surface area contributed by atoms with E-state index in [2.05, 4.69) is 0 Å². The second-order valence-electron chi connectivity index (χ2n) is 5.05. The third-order valence-corrected chi connectivity index (χ3v) is 3.96. The van der Waals surface area contributed by atoms with Crippen molar-refractivity contribution in [3.8, 4) is 0 Å². The first kappa shape index (κ1) is 13.1. The van der Waals surface area contributed by atoms with Gasteiger partial charge in [-0.2, -0.15) is 0 Å². The van der Waals surface area contributed by atoms with Crippen LogP contribution in [0.25, 0.3) is 0 Å². The quantitative estimate of drug-likeness (QED) is 0.841. The van der Waals surface area contributed by atoms with Crippen LogP contribution in [0.15, 0.2) is 24.3 Å². The van der Waals surface area contributed by atoms with E-state index in [-0.39, 0.29) is 17.4 Å². The molecule has 1 aliphatic heterocycles. The number of hydrogen-bond acceptors (Lipinski definition) is 4. The van der Waals surface area contributed by atoms with E-state index in [9.17, 15) is 9.59 Å². The fourth-order valence-corrected chi connectivity index (χ4v) is 2.79. The molecule has 0 atom stereocenters. The lowest BCUT2D eigenvalue weighted by molar-refractivity contribution is 0.0684. The molecule has 0 saturated heterocycles. The van der Waals surface area contributed by atoms with E-state index in [0.29, 0.717) is 22.8 Å². The van der Waals surface area contributed by atoms with Gasteiger partial charge in [-0.15, -0.1) is 11.8 Å². The number of thioether (sulfide) groups is 1. The van der Waals surface area contributed by atoms with Crippen LogP contribution in [0.3, 0.4) is 0 Å². The Morgan fingerprint density at radius 3 is 2.11 bits per heavy atom. The van der Waals surface area contributed by atoms with Crippen molar-refractivity contribution >= 4 is 23.6 Å². The van der Waals surface area contributed by atoms with Crippen molar-refractivity contribution in [2.45, 2.75) is 19.4 Å². The fourth-order valence-electron chi connectivity index (χ4n) is 1.76. The van der Waals surface area contributed by atoms with E-state index in [0.717, 1.165) is 0 Å². The van der Waals surface area contributed by atoms with Crippen molar-refractivity contribution in [2.75, 3.05) is 11.6 Å². The maximum absolute atomic E-state index is 12.0. The summed E-state index contributed by atoms with van der Waals surface area (Å²) in [6.07, 6.45) is 0. The molecule has 0 saturated carbocycles. The first-order chi connectivity index (χ1) is 8.40. The van der Waals surface area contributed by atoms with Gasteiger partial charge in [0.05, 0.1) is 17.0 Å². The number of benzene rings is 1. The predicted octanol–water partition coefficient (Wildman–Crippen LogP) is 1.71. The molecule has 5 heteroatoms. The Balaban J connectivity index is 2.05. The highest BCUT2D eigenvalue weighted by Gasteiger charge is 2.34. The molecule has 1 heterocycles. The van der Waals surface area contributed by atoms with Crippen molar-refractivity contribution in [1.29, 1.82) is 0 Å². The molecule has 1 aromatic carbocycles. The van der Waals surface area contributed by atoms with E-state index in [1.165, 1.54) is 16.7 Å². The van der Waals surface area contributed by atoms with Crippen LogP contribution < -0.4 is 5.73 Å². The summed E-state index contributed by atoms with van der Waals surface area (Å²) in [6.45, 7) is 3.84. The van der Waals surface area contributed by atoms with Crippen molar-refractivity contribution in [2.24, 2.45) is 5.73 Å². The van der Waals surface area contributed by atoms with Crippen molar-refractivity contribution < 1.29 is 9.59 Å². The van der Waals surface area contributed by atoms with Crippen LogP contribution in [0.4, 0.5) is 0 Å². The van der Waals surface area contributed by atoms with Gasteiger partial charge in [0.15, 0.2) is 0 Å². The molecule has 2 N–H and O–H groups in total. The van der Waals surface area contributed by atoms with Gasteiger partial charge >= 0.3 is 0 Å². The minimum Gasteiger partial charge on any atom is -0.325 e. The summed E-state index contributed by atoms with van der Waals surface area (Å²) in [6, 6.07) is 6.91. The lowest BCUT2D eigenvalue weighted by Gasteiger charge is -2.20. The van der Waals surface area contributed by atoms with Crippen LogP contribution in [0, 0.1) is 0 Å². The van der Waals surface area contributed by atoms with Gasteiger partial charge in [-0.05, 0) is 26.0 Å². The number of nitrogens with two attached hydrogens (primary N) is 1. The van der Waals surface area contributed by atoms with Gasteiger partial charge in [0.1, 0.15) is 0 Å². The predicted molar refractivity (Wildman–Crippen MR) is 72.5 cm³/mol. The normalized spacial score (nSPS) is 15.2. The summed E-state index contributed by atoms with van der Waals surface area (Å²) in [4.78, 5) is 25.3. The molecule has 0 bridgehead atoms. The Morgan fingerprint density at radius 2 is 1.67 bits per heavy atom. The number of rotatable bonds is 4. The Bertz CT molecular complexity index is 459. The van der Waals surface area contributed by atoms with E-state index in [1.807, 2.05) is 13.8 Å². The molecule has 18 heavy (non-hydrogen) atoms. The summed E-state index contributed by atoms with van der Waals surface area (Å²) in [5.74, 6) is 0.628. The lowest BCUT2D eigenvalue weighted by Crippen LogP contribution is -2.36. The van der Waals surface area contributed by atoms with E-state index in [4.69, 9.17) is 5.73 Å². The number of amides is 2. The summed E-state index contributed by atoms with van der Waals surface area (Å²) < 4.78 is 0. The second kappa shape index (κ2) is 4.74. The molecule has 96 valence electrons. The van der Waals surface area contributed by atoms with Crippen LogP contribution in [0.2, 0.25) is 0 Å². The Hall–Kier alpha value is -1.33. The summed E-state index contributed by atoms with van der Waals surface area (Å²) in [7, 11) is 0. The summed E-state index contributed by atoms with van der Waals surface area (Å²) >= 11 is 1.49. The Morgan fingerprint density at radius 1 is 1.17 bits per heavy atom. The smallest absolute Gasteiger partial charge is 0.262 e. The zero-order chi connectivity index (χ0) is 13.3. The molecule has 2 amide bonds. The number of imide groups is 1. The molecule has 0 radical (unpaired) electrons. The zero-order valence-electron chi connectivity index (χ0n) is 10.5. The molecular weight excluding hydrogens is 248 g/mol. The first-order valence-corrected chi connectivity index (χ1v) is 6.87.